The summed E-state index contributed by atoms with van der Waals surface area (Å²) in [5.41, 5.74) is 6.67. The van der Waals surface area contributed by atoms with E-state index in [1.807, 2.05) is 0 Å². The number of rotatable bonds is 5. The number of halogens is 3. The van der Waals surface area contributed by atoms with Gasteiger partial charge in [0, 0.05) is 18.7 Å². The van der Waals surface area contributed by atoms with Crippen molar-refractivity contribution in [1.29, 1.82) is 0 Å². The number of nitrogens with two attached hydrogens (primary N) is 1. The van der Waals surface area contributed by atoms with E-state index in [0.717, 1.165) is 17.7 Å². The van der Waals surface area contributed by atoms with Crippen molar-refractivity contribution >= 4 is 5.91 Å². The second kappa shape index (κ2) is 7.70. The van der Waals surface area contributed by atoms with Gasteiger partial charge in [-0.2, -0.15) is 13.2 Å². The van der Waals surface area contributed by atoms with Crippen LogP contribution in [0.3, 0.4) is 0 Å². The SMILES string of the molecule is CCN(C(=O)c1ccc(CN)cc1)C(C)c1cccc(C(F)(F)F)c1. The highest BCUT2D eigenvalue weighted by molar-refractivity contribution is 5.94. The zero-order valence-electron chi connectivity index (χ0n) is 14.2. The van der Waals surface area contributed by atoms with Crippen LogP contribution in [-0.2, 0) is 12.7 Å². The van der Waals surface area contributed by atoms with Crippen LogP contribution in [0.5, 0.6) is 0 Å². The first-order valence-electron chi connectivity index (χ1n) is 8.05. The molecular weight excluding hydrogens is 329 g/mol. The second-order valence-electron chi connectivity index (χ2n) is 5.79. The van der Waals surface area contributed by atoms with Gasteiger partial charge in [0.2, 0.25) is 0 Å². The van der Waals surface area contributed by atoms with Crippen molar-refractivity contribution in [3.05, 3.63) is 70.8 Å². The highest BCUT2D eigenvalue weighted by atomic mass is 19.4. The number of hydrogen-bond donors (Lipinski definition) is 1. The summed E-state index contributed by atoms with van der Waals surface area (Å²) < 4.78 is 38.8. The van der Waals surface area contributed by atoms with Gasteiger partial charge in [-0.3, -0.25) is 4.79 Å². The van der Waals surface area contributed by atoms with E-state index in [1.54, 1.807) is 49.1 Å². The zero-order valence-corrected chi connectivity index (χ0v) is 14.2. The molecule has 0 aromatic heterocycles. The minimum absolute atomic E-state index is 0.226. The molecule has 0 bridgehead atoms. The average Bonchev–Trinajstić information content (AvgIpc) is 2.61. The van der Waals surface area contributed by atoms with Crippen molar-refractivity contribution in [3.63, 3.8) is 0 Å². The fourth-order valence-electron chi connectivity index (χ4n) is 2.70. The van der Waals surface area contributed by atoms with E-state index in [1.165, 1.54) is 6.07 Å². The summed E-state index contributed by atoms with van der Waals surface area (Å²) in [5.74, 6) is -0.226. The molecule has 0 saturated carbocycles. The molecule has 2 rings (SSSR count). The van der Waals surface area contributed by atoms with Gasteiger partial charge in [-0.1, -0.05) is 24.3 Å². The molecular formula is C19H21F3N2O. The molecule has 0 saturated heterocycles. The van der Waals surface area contributed by atoms with E-state index in [4.69, 9.17) is 5.73 Å². The Bertz CT molecular complexity index is 726. The topological polar surface area (TPSA) is 46.3 Å². The molecule has 0 aliphatic rings. The van der Waals surface area contributed by atoms with Gasteiger partial charge in [0.15, 0.2) is 0 Å². The van der Waals surface area contributed by atoms with Gasteiger partial charge in [-0.15, -0.1) is 0 Å². The lowest BCUT2D eigenvalue weighted by Crippen LogP contribution is -2.33. The lowest BCUT2D eigenvalue weighted by molar-refractivity contribution is -0.137. The Labute approximate surface area is 145 Å². The molecule has 0 aliphatic heterocycles. The lowest BCUT2D eigenvalue weighted by Gasteiger charge is -2.29. The van der Waals surface area contributed by atoms with Gasteiger partial charge < -0.3 is 10.6 Å². The molecule has 1 amide bonds. The molecule has 25 heavy (non-hydrogen) atoms. The van der Waals surface area contributed by atoms with Crippen molar-refractivity contribution in [2.24, 2.45) is 5.73 Å². The number of alkyl halides is 3. The van der Waals surface area contributed by atoms with E-state index < -0.39 is 17.8 Å². The Morgan fingerprint density at radius 3 is 2.32 bits per heavy atom. The molecule has 2 aromatic carbocycles. The summed E-state index contributed by atoms with van der Waals surface area (Å²) in [5, 5.41) is 0. The highest BCUT2D eigenvalue weighted by Gasteiger charge is 2.31. The van der Waals surface area contributed by atoms with Crippen molar-refractivity contribution in [2.45, 2.75) is 32.6 Å². The highest BCUT2D eigenvalue weighted by Crippen LogP contribution is 2.32. The van der Waals surface area contributed by atoms with Gasteiger partial charge in [-0.05, 0) is 49.2 Å². The van der Waals surface area contributed by atoms with Crippen molar-refractivity contribution in [3.8, 4) is 0 Å². The van der Waals surface area contributed by atoms with Crippen molar-refractivity contribution < 1.29 is 18.0 Å². The van der Waals surface area contributed by atoms with E-state index in [0.29, 0.717) is 24.2 Å². The number of hydrogen-bond acceptors (Lipinski definition) is 2. The molecule has 0 aliphatic carbocycles. The van der Waals surface area contributed by atoms with Crippen LogP contribution in [0.4, 0.5) is 13.2 Å². The quantitative estimate of drug-likeness (QED) is 0.869. The van der Waals surface area contributed by atoms with Crippen LogP contribution in [0.2, 0.25) is 0 Å². The second-order valence-corrected chi connectivity index (χ2v) is 5.79. The summed E-state index contributed by atoms with van der Waals surface area (Å²) in [6.07, 6.45) is -4.41. The van der Waals surface area contributed by atoms with Crippen LogP contribution in [0.25, 0.3) is 0 Å². The first-order chi connectivity index (χ1) is 11.8. The number of benzene rings is 2. The van der Waals surface area contributed by atoms with Gasteiger partial charge in [0.25, 0.3) is 5.91 Å². The molecule has 2 N–H and O–H groups in total. The predicted octanol–water partition coefficient (Wildman–Crippen LogP) is 4.39. The van der Waals surface area contributed by atoms with Crippen LogP contribution >= 0.6 is 0 Å². The summed E-state index contributed by atoms with van der Waals surface area (Å²) in [7, 11) is 0. The zero-order chi connectivity index (χ0) is 18.6. The molecule has 2 aromatic rings. The largest absolute Gasteiger partial charge is 0.416 e. The fraction of sp³-hybridized carbons (Fsp3) is 0.316. The summed E-state index contributed by atoms with van der Waals surface area (Å²) >= 11 is 0. The van der Waals surface area contributed by atoms with E-state index in [2.05, 4.69) is 0 Å². The first kappa shape index (κ1) is 19.0. The first-order valence-corrected chi connectivity index (χ1v) is 8.05. The Hall–Kier alpha value is -2.34. The third-order valence-electron chi connectivity index (χ3n) is 4.20. The van der Waals surface area contributed by atoms with Gasteiger partial charge in [-0.25, -0.2) is 0 Å². The van der Waals surface area contributed by atoms with Crippen LogP contribution in [-0.4, -0.2) is 17.4 Å². The van der Waals surface area contributed by atoms with Gasteiger partial charge in [0.1, 0.15) is 0 Å². The third kappa shape index (κ3) is 4.39. The minimum atomic E-state index is -4.41. The monoisotopic (exact) mass is 350 g/mol. The Kier molecular flexibility index (Phi) is 5.85. The maximum Gasteiger partial charge on any atom is 0.416 e. The third-order valence-corrected chi connectivity index (χ3v) is 4.20. The molecule has 0 heterocycles. The van der Waals surface area contributed by atoms with Gasteiger partial charge in [0.05, 0.1) is 11.6 Å². The standard InChI is InChI=1S/C19H21F3N2O/c1-3-24(18(25)15-9-7-14(12-23)8-10-15)13(2)16-5-4-6-17(11-16)19(20,21)22/h4-11,13H,3,12,23H2,1-2H3. The van der Waals surface area contributed by atoms with E-state index in [-0.39, 0.29) is 5.91 Å². The van der Waals surface area contributed by atoms with Crippen molar-refractivity contribution in [1.82, 2.24) is 4.90 Å². The number of carbonyl (C=O) groups is 1. The lowest BCUT2D eigenvalue weighted by atomic mass is 10.0. The number of amides is 1. The van der Waals surface area contributed by atoms with Crippen LogP contribution in [0.1, 0.15) is 46.9 Å². The van der Waals surface area contributed by atoms with Crippen LogP contribution < -0.4 is 5.73 Å². The minimum Gasteiger partial charge on any atom is -0.332 e. The maximum absolute atomic E-state index is 12.9. The maximum atomic E-state index is 12.9. The molecule has 1 unspecified atom stereocenters. The number of nitrogens with zero attached hydrogens (tertiary/aromatic N) is 1. The fourth-order valence-corrected chi connectivity index (χ4v) is 2.70. The summed E-state index contributed by atoms with van der Waals surface area (Å²) in [4.78, 5) is 14.3. The van der Waals surface area contributed by atoms with Crippen molar-refractivity contribution in [2.75, 3.05) is 6.54 Å². The van der Waals surface area contributed by atoms with E-state index >= 15 is 0 Å². The molecule has 0 fully saturated rings. The van der Waals surface area contributed by atoms with E-state index in [9.17, 15) is 18.0 Å². The molecule has 0 radical (unpaired) electrons. The Balaban J connectivity index is 2.28. The Morgan fingerprint density at radius 1 is 1.16 bits per heavy atom. The molecule has 0 spiro atoms. The molecule has 6 heteroatoms. The normalized spacial score (nSPS) is 12.7. The molecule has 1 atom stereocenters. The smallest absolute Gasteiger partial charge is 0.332 e. The summed E-state index contributed by atoms with van der Waals surface area (Å²) in [6.45, 7) is 4.29. The predicted molar refractivity (Wildman–Crippen MR) is 90.9 cm³/mol. The number of carbonyl (C=O) groups excluding carboxylic acids is 1. The van der Waals surface area contributed by atoms with Gasteiger partial charge >= 0.3 is 6.18 Å². The van der Waals surface area contributed by atoms with Crippen LogP contribution in [0, 0.1) is 0 Å². The Morgan fingerprint density at radius 2 is 1.80 bits per heavy atom. The average molecular weight is 350 g/mol. The molecule has 134 valence electrons. The molecule has 3 nitrogen and oxygen atoms in total. The summed E-state index contributed by atoms with van der Waals surface area (Å²) in [6, 6.07) is 11.5. The van der Waals surface area contributed by atoms with Crippen LogP contribution in [0.15, 0.2) is 48.5 Å².